The van der Waals surface area contributed by atoms with Crippen LogP contribution in [0.2, 0.25) is 0 Å². The molecule has 3 saturated heterocycles. The largest absolute Gasteiger partial charge is 0.494 e. The third-order valence-corrected chi connectivity index (χ3v) is 9.67. The molecule has 3 heterocycles. The van der Waals surface area contributed by atoms with Crippen LogP contribution < -0.4 is 15.4 Å². The van der Waals surface area contributed by atoms with Gasteiger partial charge in [-0.3, -0.25) is 14.4 Å². The normalized spacial score (nSPS) is 32.0. The summed E-state index contributed by atoms with van der Waals surface area (Å²) in [6.45, 7) is 9.99. The number of ether oxygens (including phenoxy) is 1. The summed E-state index contributed by atoms with van der Waals surface area (Å²) in [5, 5.41) is 16.1. The van der Waals surface area contributed by atoms with Crippen molar-refractivity contribution >= 4 is 35.2 Å². The predicted octanol–water partition coefficient (Wildman–Crippen LogP) is 2.80. The van der Waals surface area contributed by atoms with Crippen molar-refractivity contribution in [3.8, 4) is 5.75 Å². The Bertz CT molecular complexity index is 982. The molecule has 1 aromatic rings. The maximum absolute atomic E-state index is 14.0. The first kappa shape index (κ1) is 25.8. The molecule has 8 nitrogen and oxygen atoms in total. The summed E-state index contributed by atoms with van der Waals surface area (Å²) in [4.78, 5) is 42.8. The van der Waals surface area contributed by atoms with Gasteiger partial charge in [0.1, 0.15) is 11.8 Å². The molecular formula is C26H37N3O5S. The fourth-order valence-corrected chi connectivity index (χ4v) is 8.60. The average Bonchev–Trinajstić information content (AvgIpc) is 3.37. The minimum Gasteiger partial charge on any atom is -0.494 e. The molecule has 6 atom stereocenters. The van der Waals surface area contributed by atoms with Gasteiger partial charge in [0.05, 0.1) is 35.8 Å². The van der Waals surface area contributed by atoms with Crippen LogP contribution in [-0.4, -0.2) is 68.6 Å². The lowest BCUT2D eigenvalue weighted by molar-refractivity contribution is -0.142. The Balaban J connectivity index is 1.68. The number of likely N-dealkylation sites (tertiary alicyclic amines) is 1. The van der Waals surface area contributed by atoms with E-state index in [0.717, 1.165) is 12.2 Å². The molecule has 2 unspecified atom stereocenters. The van der Waals surface area contributed by atoms with Crippen molar-refractivity contribution < 1.29 is 24.2 Å². The van der Waals surface area contributed by atoms with Gasteiger partial charge in [0.25, 0.3) is 0 Å². The number of aliphatic hydroxyl groups excluding tert-OH is 1. The van der Waals surface area contributed by atoms with Gasteiger partial charge in [-0.1, -0.05) is 6.92 Å². The molecule has 1 aromatic carbocycles. The number of amides is 3. The number of hydrogen-bond donors (Lipinski definition) is 3. The van der Waals surface area contributed by atoms with Crippen LogP contribution in [-0.2, 0) is 14.4 Å². The van der Waals surface area contributed by atoms with Crippen molar-refractivity contribution in [2.75, 3.05) is 18.5 Å². The number of fused-ring (bicyclic) bond motifs is 1. The van der Waals surface area contributed by atoms with Gasteiger partial charge in [-0.15, -0.1) is 11.8 Å². The lowest BCUT2D eigenvalue weighted by Gasteiger charge is -2.37. The molecular weight excluding hydrogens is 466 g/mol. The number of benzene rings is 1. The van der Waals surface area contributed by atoms with Gasteiger partial charge in [-0.25, -0.2) is 0 Å². The van der Waals surface area contributed by atoms with Gasteiger partial charge < -0.3 is 25.4 Å². The molecule has 3 aliphatic rings. The highest BCUT2D eigenvalue weighted by molar-refractivity contribution is 8.02. The van der Waals surface area contributed by atoms with Crippen molar-refractivity contribution in [2.24, 2.45) is 11.8 Å². The molecule has 1 spiro atoms. The molecule has 192 valence electrons. The third kappa shape index (κ3) is 4.20. The van der Waals surface area contributed by atoms with Crippen LogP contribution in [0.1, 0.15) is 53.9 Å². The minimum absolute atomic E-state index is 0.0814. The second-order valence-corrected chi connectivity index (χ2v) is 12.2. The Morgan fingerprint density at radius 3 is 2.46 bits per heavy atom. The van der Waals surface area contributed by atoms with E-state index in [1.165, 1.54) is 0 Å². The highest BCUT2D eigenvalue weighted by Crippen LogP contribution is 2.71. The van der Waals surface area contributed by atoms with Crippen LogP contribution >= 0.6 is 11.8 Å². The molecule has 9 heteroatoms. The zero-order chi connectivity index (χ0) is 25.5. The number of nitrogens with one attached hydrogen (secondary N) is 2. The number of anilines is 1. The van der Waals surface area contributed by atoms with E-state index in [0.29, 0.717) is 25.1 Å². The van der Waals surface area contributed by atoms with Gasteiger partial charge in [0.2, 0.25) is 17.7 Å². The van der Waals surface area contributed by atoms with Crippen LogP contribution in [0.3, 0.4) is 0 Å². The number of aliphatic hydroxyl groups is 1. The molecule has 2 bridgehead atoms. The Morgan fingerprint density at radius 1 is 1.20 bits per heavy atom. The fourth-order valence-electron chi connectivity index (χ4n) is 6.26. The van der Waals surface area contributed by atoms with Crippen LogP contribution in [0.15, 0.2) is 24.3 Å². The van der Waals surface area contributed by atoms with Gasteiger partial charge >= 0.3 is 0 Å². The maximum Gasteiger partial charge on any atom is 0.244 e. The standard InChI is InChI=1S/C26H37N3O5S/c1-6-17(14-30)29-21(23(32)27-15(3)4)26-13-12-25(5,35-26)19(20(26)24(29)33)22(31)28-16-8-10-18(11-9-16)34-7-2/h8-11,15,17,19-21,30H,6-7,12-14H2,1-5H3,(H,27,32)(H,28,31)/t17-,19-,20-,21?,25+,26?/m0/s1. The van der Waals surface area contributed by atoms with Crippen molar-refractivity contribution in [3.63, 3.8) is 0 Å². The molecule has 0 aliphatic carbocycles. The summed E-state index contributed by atoms with van der Waals surface area (Å²) in [5.41, 5.74) is 0.641. The molecule has 0 aromatic heterocycles. The number of nitrogens with zero attached hydrogens (tertiary/aromatic N) is 1. The first-order valence-electron chi connectivity index (χ1n) is 12.6. The summed E-state index contributed by atoms with van der Waals surface area (Å²) < 4.78 is 4.35. The highest BCUT2D eigenvalue weighted by Gasteiger charge is 2.77. The maximum atomic E-state index is 14.0. The van der Waals surface area contributed by atoms with Gasteiger partial charge in [-0.2, -0.15) is 0 Å². The van der Waals surface area contributed by atoms with E-state index in [1.807, 2.05) is 34.6 Å². The topological polar surface area (TPSA) is 108 Å². The van der Waals surface area contributed by atoms with E-state index in [1.54, 1.807) is 40.9 Å². The van der Waals surface area contributed by atoms with Crippen LogP contribution in [0.5, 0.6) is 5.75 Å². The SMILES string of the molecule is CCOc1ccc(NC(=O)[C@@H]2[C@H]3C(=O)N([C@@H](CC)CO)C(C(=O)NC(C)C)C34CC[C@@]2(C)S4)cc1. The van der Waals surface area contributed by atoms with Gasteiger partial charge in [-0.05, 0) is 71.2 Å². The third-order valence-electron chi connectivity index (χ3n) is 7.68. The molecule has 4 rings (SSSR count). The first-order chi connectivity index (χ1) is 16.6. The monoisotopic (exact) mass is 503 g/mol. The highest BCUT2D eigenvalue weighted by atomic mass is 32.2. The zero-order valence-corrected chi connectivity index (χ0v) is 22.0. The molecule has 0 radical (unpaired) electrons. The van der Waals surface area contributed by atoms with E-state index >= 15 is 0 Å². The lowest BCUT2D eigenvalue weighted by atomic mass is 9.66. The summed E-state index contributed by atoms with van der Waals surface area (Å²) in [6.07, 6.45) is 1.96. The van der Waals surface area contributed by atoms with Gasteiger partial charge in [0, 0.05) is 16.5 Å². The summed E-state index contributed by atoms with van der Waals surface area (Å²) in [6, 6.07) is 5.94. The second kappa shape index (κ2) is 9.65. The predicted molar refractivity (Wildman–Crippen MR) is 136 cm³/mol. The van der Waals surface area contributed by atoms with Crippen molar-refractivity contribution in [1.82, 2.24) is 10.2 Å². The number of carbonyl (C=O) groups excluding carboxylic acids is 3. The van der Waals surface area contributed by atoms with Gasteiger partial charge in [0.15, 0.2) is 0 Å². The lowest BCUT2D eigenvalue weighted by Crippen LogP contribution is -2.57. The summed E-state index contributed by atoms with van der Waals surface area (Å²) in [7, 11) is 0. The Kier molecular flexibility index (Phi) is 7.12. The summed E-state index contributed by atoms with van der Waals surface area (Å²) >= 11 is 1.63. The molecule has 3 fully saturated rings. The Labute approximate surface area is 211 Å². The first-order valence-corrected chi connectivity index (χ1v) is 13.4. The Hall–Kier alpha value is -2.26. The van der Waals surface area contributed by atoms with Crippen molar-refractivity contribution in [1.29, 1.82) is 0 Å². The summed E-state index contributed by atoms with van der Waals surface area (Å²) in [5.74, 6) is -1.06. The van der Waals surface area contributed by atoms with E-state index in [9.17, 15) is 19.5 Å². The van der Waals surface area contributed by atoms with E-state index in [4.69, 9.17) is 4.74 Å². The number of rotatable bonds is 9. The zero-order valence-electron chi connectivity index (χ0n) is 21.2. The van der Waals surface area contributed by atoms with Crippen LogP contribution in [0, 0.1) is 11.8 Å². The fraction of sp³-hybridized carbons (Fsp3) is 0.654. The smallest absolute Gasteiger partial charge is 0.244 e. The molecule has 35 heavy (non-hydrogen) atoms. The Morgan fingerprint density at radius 2 is 1.89 bits per heavy atom. The number of thioether (sulfide) groups is 1. The molecule has 3 amide bonds. The van der Waals surface area contributed by atoms with E-state index in [2.05, 4.69) is 10.6 Å². The molecule has 0 saturated carbocycles. The average molecular weight is 504 g/mol. The number of carbonyl (C=O) groups is 3. The second-order valence-electron chi connectivity index (χ2n) is 10.3. The van der Waals surface area contributed by atoms with E-state index < -0.39 is 33.4 Å². The van der Waals surface area contributed by atoms with E-state index in [-0.39, 0.29) is 30.4 Å². The van der Waals surface area contributed by atoms with Crippen LogP contribution in [0.4, 0.5) is 5.69 Å². The van der Waals surface area contributed by atoms with Crippen LogP contribution in [0.25, 0.3) is 0 Å². The molecule has 3 aliphatic heterocycles. The minimum atomic E-state index is -0.713. The van der Waals surface area contributed by atoms with Crippen molar-refractivity contribution in [3.05, 3.63) is 24.3 Å². The number of hydrogen-bond acceptors (Lipinski definition) is 6. The molecule has 3 N–H and O–H groups in total. The van der Waals surface area contributed by atoms with Crippen molar-refractivity contribution in [2.45, 2.75) is 81.5 Å². The quantitative estimate of drug-likeness (QED) is 0.478.